The molecule has 0 aliphatic heterocycles. The van der Waals surface area contributed by atoms with Crippen LogP contribution in [0.4, 0.5) is 0 Å². The Bertz CT molecular complexity index is 143. The van der Waals surface area contributed by atoms with Gasteiger partial charge in [0.1, 0.15) is 0 Å². The second-order valence-electron chi connectivity index (χ2n) is 2.89. The van der Waals surface area contributed by atoms with Crippen LogP contribution in [0.25, 0.3) is 0 Å². The van der Waals surface area contributed by atoms with E-state index in [9.17, 15) is 4.80 Å². The third-order valence-electron chi connectivity index (χ3n) is 1.92. The summed E-state index contributed by atoms with van der Waals surface area (Å²) in [7, 11) is -3.03. The minimum atomic E-state index is -3.03. The quantitative estimate of drug-likeness (QED) is 0.456. The van der Waals surface area contributed by atoms with Crippen LogP contribution in [0.1, 0.15) is 20.3 Å². The predicted octanol–water partition coefficient (Wildman–Crippen LogP) is 1.61. The summed E-state index contributed by atoms with van der Waals surface area (Å²) in [6.45, 7) is 4.65. The molecule has 6 heteroatoms. The highest BCUT2D eigenvalue weighted by molar-refractivity contribution is 7.80. The highest BCUT2D eigenvalue weighted by Crippen LogP contribution is 2.27. The van der Waals surface area contributed by atoms with Crippen molar-refractivity contribution in [1.82, 2.24) is 0 Å². The average Bonchev–Trinajstić information content (AvgIpc) is 2.14. The second kappa shape index (κ2) is 8.01. The molecule has 0 aromatic heterocycles. The van der Waals surface area contributed by atoms with Gasteiger partial charge in [-0.3, -0.25) is 0 Å². The summed E-state index contributed by atoms with van der Waals surface area (Å²) in [5.74, 6) is 1.28. The predicted molar refractivity (Wildman–Crippen MR) is 67.3 cm³/mol. The van der Waals surface area contributed by atoms with Gasteiger partial charge in [0.05, 0.1) is 0 Å². The van der Waals surface area contributed by atoms with Gasteiger partial charge in [-0.25, -0.2) is 0 Å². The third kappa shape index (κ3) is 4.54. The maximum Gasteiger partial charge on any atom is 0.502 e. The Labute approximate surface area is 98.4 Å². The van der Waals surface area contributed by atoms with E-state index in [1.807, 2.05) is 13.8 Å². The van der Waals surface area contributed by atoms with Crippen LogP contribution in [-0.4, -0.2) is 38.3 Å². The fourth-order valence-electron chi connectivity index (χ4n) is 1.24. The van der Waals surface area contributed by atoms with E-state index < -0.39 is 8.80 Å². The Balaban J connectivity index is 4.39. The zero-order chi connectivity index (χ0) is 11.0. The van der Waals surface area contributed by atoms with Crippen LogP contribution in [-0.2, 0) is 8.85 Å². The normalized spacial score (nSPS) is 14.4. The van der Waals surface area contributed by atoms with E-state index in [0.29, 0.717) is 24.7 Å². The van der Waals surface area contributed by atoms with E-state index in [0.717, 1.165) is 6.42 Å². The molecule has 0 radical (unpaired) electrons. The van der Waals surface area contributed by atoms with Gasteiger partial charge in [-0.15, -0.1) is 0 Å². The van der Waals surface area contributed by atoms with Crippen LogP contribution in [0.15, 0.2) is 0 Å². The van der Waals surface area contributed by atoms with Crippen molar-refractivity contribution in [3.63, 3.8) is 0 Å². The van der Waals surface area contributed by atoms with Crippen molar-refractivity contribution in [3.05, 3.63) is 0 Å². The van der Waals surface area contributed by atoms with Crippen LogP contribution in [0.5, 0.6) is 0 Å². The summed E-state index contributed by atoms with van der Waals surface area (Å²) in [6.07, 6.45) is 0.773. The molecule has 0 spiro atoms. The molecule has 86 valence electrons. The van der Waals surface area contributed by atoms with Gasteiger partial charge in [-0.2, -0.15) is 25.3 Å². The first-order valence-corrected chi connectivity index (χ1v) is 7.97. The number of rotatable bonds is 8. The molecule has 3 nitrogen and oxygen atoms in total. The van der Waals surface area contributed by atoms with Crippen LogP contribution in [0, 0.1) is 0 Å². The monoisotopic (exact) mass is 256 g/mol. The van der Waals surface area contributed by atoms with E-state index in [1.165, 1.54) is 0 Å². The topological polar surface area (TPSA) is 38.7 Å². The molecule has 0 saturated heterocycles. The molecule has 0 bridgehead atoms. The minimum Gasteiger partial charge on any atom is -0.390 e. The molecule has 0 saturated carbocycles. The summed E-state index contributed by atoms with van der Waals surface area (Å²) >= 11 is 8.36. The molecule has 0 rings (SSSR count). The van der Waals surface area contributed by atoms with Crippen molar-refractivity contribution < 1.29 is 13.6 Å². The van der Waals surface area contributed by atoms with Crippen LogP contribution >= 0.6 is 25.3 Å². The maximum absolute atomic E-state index is 10.2. The molecule has 1 N–H and O–H groups in total. The molecule has 0 amide bonds. The van der Waals surface area contributed by atoms with E-state index >= 15 is 0 Å². The fourth-order valence-corrected chi connectivity index (χ4v) is 4.79. The van der Waals surface area contributed by atoms with E-state index in [4.69, 9.17) is 8.85 Å². The van der Waals surface area contributed by atoms with Crippen LogP contribution in [0.2, 0.25) is 5.54 Å². The third-order valence-corrected chi connectivity index (χ3v) is 5.89. The Morgan fingerprint density at radius 2 is 1.71 bits per heavy atom. The van der Waals surface area contributed by atoms with Crippen molar-refractivity contribution in [2.75, 3.05) is 24.7 Å². The molecular formula is C8H20O3S2Si. The smallest absolute Gasteiger partial charge is 0.390 e. The molecular weight excluding hydrogens is 236 g/mol. The Hall–Kier alpha value is 0.797. The van der Waals surface area contributed by atoms with Crippen LogP contribution in [0.3, 0.4) is 0 Å². The van der Waals surface area contributed by atoms with Gasteiger partial charge in [0.15, 0.2) is 0 Å². The molecule has 0 aromatic rings. The molecule has 0 aliphatic carbocycles. The standard InChI is InChI=1S/C8H20O3S2Si/c1-3-10-14(9,11-4-2)8(7-13)5-6-12/h8-9,12-13H,3-7H2,1-2H3. The highest BCUT2D eigenvalue weighted by Gasteiger charge is 2.44. The van der Waals surface area contributed by atoms with Gasteiger partial charge in [0, 0.05) is 18.8 Å². The lowest BCUT2D eigenvalue weighted by molar-refractivity contribution is 0.0986. The Kier molecular flexibility index (Phi) is 8.46. The number of thiol groups is 2. The van der Waals surface area contributed by atoms with Crippen molar-refractivity contribution in [2.24, 2.45) is 0 Å². The molecule has 0 fully saturated rings. The average molecular weight is 256 g/mol. The number of hydrogen-bond donors (Lipinski definition) is 3. The molecule has 0 aliphatic rings. The summed E-state index contributed by atoms with van der Waals surface area (Å²) in [5, 5.41) is 0. The second-order valence-corrected chi connectivity index (χ2v) is 6.36. The van der Waals surface area contributed by atoms with E-state index in [2.05, 4.69) is 25.3 Å². The zero-order valence-electron chi connectivity index (χ0n) is 8.77. The Morgan fingerprint density at radius 3 is 2.00 bits per heavy atom. The molecule has 0 heterocycles. The van der Waals surface area contributed by atoms with Gasteiger partial charge >= 0.3 is 8.80 Å². The number of hydrogen-bond acceptors (Lipinski definition) is 5. The first kappa shape index (κ1) is 14.8. The van der Waals surface area contributed by atoms with Crippen molar-refractivity contribution in [3.8, 4) is 0 Å². The molecule has 14 heavy (non-hydrogen) atoms. The summed E-state index contributed by atoms with van der Waals surface area (Å²) in [6, 6.07) is 0. The first-order chi connectivity index (χ1) is 6.64. The largest absolute Gasteiger partial charge is 0.502 e. The summed E-state index contributed by atoms with van der Waals surface area (Å²) in [4.78, 5) is 10.2. The van der Waals surface area contributed by atoms with Crippen LogP contribution < -0.4 is 0 Å². The fraction of sp³-hybridized carbons (Fsp3) is 1.00. The van der Waals surface area contributed by atoms with Crippen molar-refractivity contribution >= 4 is 34.1 Å². The first-order valence-electron chi connectivity index (χ1n) is 4.86. The van der Waals surface area contributed by atoms with Gasteiger partial charge in [0.25, 0.3) is 0 Å². The van der Waals surface area contributed by atoms with Gasteiger partial charge < -0.3 is 13.6 Å². The molecule has 0 aromatic carbocycles. The van der Waals surface area contributed by atoms with Gasteiger partial charge in [0.2, 0.25) is 0 Å². The Morgan fingerprint density at radius 1 is 1.21 bits per heavy atom. The summed E-state index contributed by atoms with van der Waals surface area (Å²) in [5.41, 5.74) is -0.0109. The van der Waals surface area contributed by atoms with E-state index in [-0.39, 0.29) is 5.54 Å². The van der Waals surface area contributed by atoms with Crippen molar-refractivity contribution in [2.45, 2.75) is 25.8 Å². The molecule has 1 atom stereocenters. The maximum atomic E-state index is 10.2. The lowest BCUT2D eigenvalue weighted by Gasteiger charge is -2.29. The summed E-state index contributed by atoms with van der Waals surface area (Å²) < 4.78 is 10.7. The zero-order valence-corrected chi connectivity index (χ0v) is 11.6. The SMILES string of the molecule is CCO[Si](O)(OCC)C(CS)CCS. The molecule has 1 unspecified atom stereocenters. The lowest BCUT2D eigenvalue weighted by atomic mass is 10.4. The van der Waals surface area contributed by atoms with E-state index in [1.54, 1.807) is 0 Å². The van der Waals surface area contributed by atoms with Crippen molar-refractivity contribution in [1.29, 1.82) is 0 Å². The highest BCUT2D eigenvalue weighted by atomic mass is 32.1. The van der Waals surface area contributed by atoms with Gasteiger partial charge in [-0.05, 0) is 31.8 Å². The lowest BCUT2D eigenvalue weighted by Crippen LogP contribution is -2.48. The van der Waals surface area contributed by atoms with Gasteiger partial charge in [-0.1, -0.05) is 0 Å². The minimum absolute atomic E-state index is 0.0109.